The van der Waals surface area contributed by atoms with Gasteiger partial charge in [-0.25, -0.2) is 4.79 Å². The summed E-state index contributed by atoms with van der Waals surface area (Å²) in [5.41, 5.74) is 0.315. The van der Waals surface area contributed by atoms with E-state index in [1.807, 2.05) is 0 Å². The average molecular weight is 291 g/mol. The third-order valence-electron chi connectivity index (χ3n) is 3.19. The first-order valence-corrected chi connectivity index (χ1v) is 6.19. The van der Waals surface area contributed by atoms with Crippen molar-refractivity contribution in [2.45, 2.75) is 6.10 Å². The number of nitriles is 1. The lowest BCUT2D eigenvalue weighted by Crippen LogP contribution is -2.46. The number of nitro benzene ring substituents is 1. The Kier molecular flexibility index (Phi) is 4.35. The number of ether oxygens (including phenoxy) is 2. The number of nitrogens with zero attached hydrogens (tertiary/aromatic N) is 3. The van der Waals surface area contributed by atoms with Crippen molar-refractivity contribution >= 4 is 17.3 Å². The third kappa shape index (κ3) is 3.09. The number of nitro groups is 1. The molecule has 2 rings (SSSR count). The maximum Gasteiger partial charge on any atom is 0.336 e. The second kappa shape index (κ2) is 6.19. The van der Waals surface area contributed by atoms with E-state index < -0.39 is 17.0 Å². The standard InChI is InChI=1S/C13H13N3O5/c1-20-13(17)12-8-15(4-5-21-12)10-3-2-9(7-14)11(6-10)16(18)19/h2-3,6,12H,4-5,8H2,1H3. The molecule has 0 aliphatic carbocycles. The monoisotopic (exact) mass is 291 g/mol. The van der Waals surface area contributed by atoms with Crippen LogP contribution in [-0.2, 0) is 14.3 Å². The Morgan fingerprint density at radius 1 is 1.62 bits per heavy atom. The zero-order chi connectivity index (χ0) is 15.4. The molecule has 0 spiro atoms. The van der Waals surface area contributed by atoms with Gasteiger partial charge in [-0.1, -0.05) is 0 Å². The number of anilines is 1. The van der Waals surface area contributed by atoms with Gasteiger partial charge in [-0.15, -0.1) is 0 Å². The summed E-state index contributed by atoms with van der Waals surface area (Å²) in [6, 6.07) is 6.13. The van der Waals surface area contributed by atoms with Crippen LogP contribution in [0.1, 0.15) is 5.56 Å². The van der Waals surface area contributed by atoms with Gasteiger partial charge >= 0.3 is 5.97 Å². The van der Waals surface area contributed by atoms with Gasteiger partial charge in [0.25, 0.3) is 5.69 Å². The van der Waals surface area contributed by atoms with E-state index in [1.54, 1.807) is 17.0 Å². The molecule has 0 aromatic heterocycles. The second-order valence-electron chi connectivity index (χ2n) is 4.40. The van der Waals surface area contributed by atoms with Gasteiger partial charge in [0.15, 0.2) is 6.10 Å². The van der Waals surface area contributed by atoms with Crippen LogP contribution in [0.25, 0.3) is 0 Å². The predicted octanol–water partition coefficient (Wildman–Crippen LogP) is 0.845. The molecule has 1 aliphatic heterocycles. The van der Waals surface area contributed by atoms with Crippen molar-refractivity contribution in [2.75, 3.05) is 31.7 Å². The van der Waals surface area contributed by atoms with Crippen molar-refractivity contribution in [2.24, 2.45) is 0 Å². The molecule has 1 aliphatic rings. The number of carbonyl (C=O) groups excluding carboxylic acids is 1. The van der Waals surface area contributed by atoms with Gasteiger partial charge in [0, 0.05) is 18.3 Å². The number of hydrogen-bond acceptors (Lipinski definition) is 7. The summed E-state index contributed by atoms with van der Waals surface area (Å²) in [6.07, 6.45) is -0.724. The largest absolute Gasteiger partial charge is 0.467 e. The zero-order valence-electron chi connectivity index (χ0n) is 11.3. The topological polar surface area (TPSA) is 106 Å². The summed E-state index contributed by atoms with van der Waals surface area (Å²) in [5, 5.41) is 19.8. The first kappa shape index (κ1) is 14.7. The van der Waals surface area contributed by atoms with Crippen molar-refractivity contribution in [3.8, 4) is 6.07 Å². The highest BCUT2D eigenvalue weighted by Gasteiger charge is 2.28. The van der Waals surface area contributed by atoms with Gasteiger partial charge in [-0.3, -0.25) is 10.1 Å². The Morgan fingerprint density at radius 2 is 2.38 bits per heavy atom. The van der Waals surface area contributed by atoms with Gasteiger partial charge in [-0.05, 0) is 12.1 Å². The molecule has 1 aromatic rings. The first-order valence-electron chi connectivity index (χ1n) is 6.19. The number of benzene rings is 1. The van der Waals surface area contributed by atoms with Crippen molar-refractivity contribution in [3.63, 3.8) is 0 Å². The van der Waals surface area contributed by atoms with Crippen molar-refractivity contribution in [1.29, 1.82) is 5.26 Å². The van der Waals surface area contributed by atoms with E-state index in [1.165, 1.54) is 19.2 Å². The van der Waals surface area contributed by atoms with Crippen molar-refractivity contribution in [3.05, 3.63) is 33.9 Å². The van der Waals surface area contributed by atoms with E-state index in [-0.39, 0.29) is 17.8 Å². The van der Waals surface area contributed by atoms with E-state index >= 15 is 0 Å². The van der Waals surface area contributed by atoms with Gasteiger partial charge < -0.3 is 14.4 Å². The Bertz CT molecular complexity index is 610. The molecule has 8 nitrogen and oxygen atoms in total. The van der Waals surface area contributed by atoms with E-state index in [9.17, 15) is 14.9 Å². The molecule has 0 radical (unpaired) electrons. The zero-order valence-corrected chi connectivity index (χ0v) is 11.3. The van der Waals surface area contributed by atoms with Crippen LogP contribution in [0.5, 0.6) is 0 Å². The van der Waals surface area contributed by atoms with Gasteiger partial charge in [-0.2, -0.15) is 5.26 Å². The first-order chi connectivity index (χ1) is 10.1. The molecule has 21 heavy (non-hydrogen) atoms. The number of methoxy groups -OCH3 is 1. The summed E-state index contributed by atoms with van der Waals surface area (Å²) < 4.78 is 9.93. The summed E-state index contributed by atoms with van der Waals surface area (Å²) in [6.45, 7) is 1.06. The van der Waals surface area contributed by atoms with E-state index in [0.717, 1.165) is 0 Å². The highest BCUT2D eigenvalue weighted by molar-refractivity contribution is 5.76. The molecule has 1 saturated heterocycles. The average Bonchev–Trinajstić information content (AvgIpc) is 2.53. The number of esters is 1. The third-order valence-corrected chi connectivity index (χ3v) is 3.19. The number of morpholine rings is 1. The molecule has 110 valence electrons. The lowest BCUT2D eigenvalue weighted by Gasteiger charge is -2.33. The van der Waals surface area contributed by atoms with Gasteiger partial charge in [0.2, 0.25) is 0 Å². The Morgan fingerprint density at radius 3 is 3.00 bits per heavy atom. The van der Waals surface area contributed by atoms with E-state index in [2.05, 4.69) is 4.74 Å². The van der Waals surface area contributed by atoms with Crippen molar-refractivity contribution < 1.29 is 19.2 Å². The smallest absolute Gasteiger partial charge is 0.336 e. The van der Waals surface area contributed by atoms with Crippen LogP contribution in [0.3, 0.4) is 0 Å². The van der Waals surface area contributed by atoms with Crippen LogP contribution in [0.15, 0.2) is 18.2 Å². The lowest BCUT2D eigenvalue weighted by atomic mass is 10.1. The molecule has 0 amide bonds. The number of rotatable bonds is 3. The molecule has 8 heteroatoms. The number of carbonyl (C=O) groups is 1. The quantitative estimate of drug-likeness (QED) is 0.461. The molecule has 1 fully saturated rings. The van der Waals surface area contributed by atoms with Crippen molar-refractivity contribution in [1.82, 2.24) is 0 Å². The molecule has 1 unspecified atom stereocenters. The maximum absolute atomic E-state index is 11.5. The molecule has 1 aromatic carbocycles. The van der Waals surface area contributed by atoms with E-state index in [0.29, 0.717) is 18.8 Å². The summed E-state index contributed by atoms with van der Waals surface area (Å²) in [7, 11) is 1.27. The predicted molar refractivity (Wildman–Crippen MR) is 71.8 cm³/mol. The molecule has 0 bridgehead atoms. The molecule has 0 saturated carbocycles. The summed E-state index contributed by atoms with van der Waals surface area (Å²) >= 11 is 0. The van der Waals surface area contributed by atoms with Crippen LogP contribution in [-0.4, -0.2) is 43.8 Å². The Labute approximate surface area is 120 Å². The van der Waals surface area contributed by atoms with E-state index in [4.69, 9.17) is 10.00 Å². The maximum atomic E-state index is 11.5. The highest BCUT2D eigenvalue weighted by Crippen LogP contribution is 2.26. The molecule has 0 N–H and O–H groups in total. The molecular formula is C13H13N3O5. The van der Waals surface area contributed by atoms with Crippen LogP contribution in [0.2, 0.25) is 0 Å². The Balaban J connectivity index is 2.26. The van der Waals surface area contributed by atoms with Crippen LogP contribution in [0, 0.1) is 21.4 Å². The molecular weight excluding hydrogens is 278 g/mol. The minimum Gasteiger partial charge on any atom is -0.467 e. The normalized spacial score (nSPS) is 17.9. The SMILES string of the molecule is COC(=O)C1CN(c2ccc(C#N)c([N+](=O)[O-])c2)CCO1. The minimum absolute atomic E-state index is 0.00141. The van der Waals surface area contributed by atoms with Gasteiger partial charge in [0.05, 0.1) is 25.2 Å². The second-order valence-corrected chi connectivity index (χ2v) is 4.40. The van der Waals surface area contributed by atoms with Gasteiger partial charge in [0.1, 0.15) is 11.6 Å². The fourth-order valence-electron chi connectivity index (χ4n) is 2.12. The molecule has 1 atom stereocenters. The molecule has 1 heterocycles. The number of hydrogen-bond donors (Lipinski definition) is 0. The van der Waals surface area contributed by atoms with Crippen LogP contribution in [0.4, 0.5) is 11.4 Å². The summed E-state index contributed by atoms with van der Waals surface area (Å²) in [5.74, 6) is -0.483. The minimum atomic E-state index is -0.724. The summed E-state index contributed by atoms with van der Waals surface area (Å²) in [4.78, 5) is 23.7. The lowest BCUT2D eigenvalue weighted by molar-refractivity contribution is -0.385. The fourth-order valence-corrected chi connectivity index (χ4v) is 2.12. The van der Waals surface area contributed by atoms with Crippen LogP contribution >= 0.6 is 0 Å². The Hall–Kier alpha value is -2.66. The van der Waals surface area contributed by atoms with Crippen LogP contribution < -0.4 is 4.90 Å². The highest BCUT2D eigenvalue weighted by atomic mass is 16.6. The fraction of sp³-hybridized carbons (Fsp3) is 0.385.